The minimum Gasteiger partial charge on any atom is -0.435 e. The minimum absolute atomic E-state index is 0.0860. The molecule has 5 rings (SSSR count). The summed E-state index contributed by atoms with van der Waals surface area (Å²) in [5.41, 5.74) is 2.18. The van der Waals surface area contributed by atoms with Gasteiger partial charge in [0.05, 0.1) is 17.1 Å². The van der Waals surface area contributed by atoms with Crippen LogP contribution >= 0.6 is 0 Å². The molecule has 2 aliphatic heterocycles. The number of amides is 1. The fourth-order valence-corrected chi connectivity index (χ4v) is 4.45. The Labute approximate surface area is 171 Å². The number of carbonyl (C=O) groups is 1. The summed E-state index contributed by atoms with van der Waals surface area (Å²) >= 11 is 0. The molecule has 7 nitrogen and oxygen atoms in total. The van der Waals surface area contributed by atoms with E-state index in [0.717, 1.165) is 30.4 Å². The normalized spacial score (nSPS) is 23.9. The van der Waals surface area contributed by atoms with Gasteiger partial charge in [0.1, 0.15) is 11.5 Å². The number of alkyl halides is 2. The highest BCUT2D eigenvalue weighted by Crippen LogP contribution is 2.42. The second kappa shape index (κ2) is 7.32. The van der Waals surface area contributed by atoms with Crippen LogP contribution in [0.3, 0.4) is 0 Å². The zero-order valence-electron chi connectivity index (χ0n) is 16.3. The van der Waals surface area contributed by atoms with E-state index >= 15 is 0 Å². The fourth-order valence-electron chi connectivity index (χ4n) is 4.45. The summed E-state index contributed by atoms with van der Waals surface area (Å²) in [5.74, 6) is 0.459. The zero-order chi connectivity index (χ0) is 20.8. The lowest BCUT2D eigenvalue weighted by Crippen LogP contribution is -2.36. The van der Waals surface area contributed by atoms with Crippen LogP contribution in [0.2, 0.25) is 0 Å². The van der Waals surface area contributed by atoms with Gasteiger partial charge in [-0.1, -0.05) is 25.1 Å². The van der Waals surface area contributed by atoms with Gasteiger partial charge in [0.25, 0.3) is 6.43 Å². The topological polar surface area (TPSA) is 81.1 Å². The molecule has 156 valence electrons. The number of ether oxygens (including phenoxy) is 1. The first kappa shape index (κ1) is 18.9. The molecule has 2 aliphatic rings. The number of piperidine rings is 1. The van der Waals surface area contributed by atoms with Crippen LogP contribution in [0.5, 0.6) is 0 Å². The summed E-state index contributed by atoms with van der Waals surface area (Å²) in [4.78, 5) is 15.8. The number of nitrogens with zero attached hydrogens (tertiary/aromatic N) is 3. The highest BCUT2D eigenvalue weighted by Gasteiger charge is 2.37. The quantitative estimate of drug-likeness (QED) is 0.675. The molecule has 2 aromatic heterocycles. The number of fused-ring (bicyclic) bond motifs is 2. The molecule has 0 saturated carbocycles. The van der Waals surface area contributed by atoms with Gasteiger partial charge >= 0.3 is 6.09 Å². The number of hydrogen-bond acceptors (Lipinski definition) is 5. The third-order valence-electron chi connectivity index (χ3n) is 5.88. The first-order chi connectivity index (χ1) is 14.5. The molecule has 1 fully saturated rings. The van der Waals surface area contributed by atoms with Gasteiger partial charge in [-0.2, -0.15) is 5.10 Å². The molecular weight excluding hydrogens is 392 g/mol. The number of carbonyl (C=O) groups excluding carboxylic acids is 1. The number of rotatable bonds is 3. The molecule has 3 atom stereocenters. The Bertz CT molecular complexity index is 1120. The number of aromatic nitrogens is 3. The molecule has 0 unspecified atom stereocenters. The Balaban J connectivity index is 1.72. The monoisotopic (exact) mass is 413 g/mol. The maximum atomic E-state index is 13.8. The van der Waals surface area contributed by atoms with E-state index in [2.05, 4.69) is 22.5 Å². The smallest absolute Gasteiger partial charge is 0.413 e. The first-order valence-electron chi connectivity index (χ1n) is 9.97. The van der Waals surface area contributed by atoms with Crippen molar-refractivity contribution in [3.05, 3.63) is 42.1 Å². The van der Waals surface area contributed by atoms with Gasteiger partial charge < -0.3 is 10.1 Å². The van der Waals surface area contributed by atoms with Crippen molar-refractivity contribution < 1.29 is 18.3 Å². The molecule has 0 radical (unpaired) electrons. The first-order valence-corrected chi connectivity index (χ1v) is 9.97. The van der Waals surface area contributed by atoms with E-state index in [4.69, 9.17) is 9.84 Å². The van der Waals surface area contributed by atoms with Gasteiger partial charge in [0.15, 0.2) is 6.10 Å². The number of para-hydroxylation sites is 1. The number of halogens is 2. The number of hydrogen-bond donors (Lipinski definition) is 2. The van der Waals surface area contributed by atoms with Crippen molar-refractivity contribution >= 4 is 22.8 Å². The number of benzene rings is 1. The summed E-state index contributed by atoms with van der Waals surface area (Å²) in [6, 6.07) is 9.64. The van der Waals surface area contributed by atoms with Crippen molar-refractivity contribution in [2.45, 2.75) is 31.9 Å². The van der Waals surface area contributed by atoms with Gasteiger partial charge in [0.2, 0.25) is 0 Å². The largest absolute Gasteiger partial charge is 0.435 e. The molecule has 0 bridgehead atoms. The molecule has 1 aromatic carbocycles. The van der Waals surface area contributed by atoms with Crippen LogP contribution in [-0.2, 0) is 4.74 Å². The van der Waals surface area contributed by atoms with Crippen molar-refractivity contribution in [1.82, 2.24) is 20.1 Å². The standard InChI is InChI=1S/C21H21F2N5O2/c1-11-10-24-8-7-14(11)28-15-5-3-2-4-12(15)17(27-28)13-6-9-25-20-16(13)18(19(22)23)30-21(29)26-20/h2-6,9,11,14,18-19,24H,7-8,10H2,1H3,(H,25,26,29)/t11-,14+,18-/m1/s1. The van der Waals surface area contributed by atoms with Crippen LogP contribution in [0.25, 0.3) is 22.2 Å². The lowest BCUT2D eigenvalue weighted by atomic mass is 9.95. The van der Waals surface area contributed by atoms with Gasteiger partial charge in [-0.05, 0) is 37.6 Å². The average Bonchev–Trinajstić information content (AvgIpc) is 3.12. The van der Waals surface area contributed by atoms with Crippen LogP contribution < -0.4 is 10.6 Å². The van der Waals surface area contributed by atoms with Gasteiger partial charge in [0, 0.05) is 17.1 Å². The van der Waals surface area contributed by atoms with Gasteiger partial charge in [-0.25, -0.2) is 18.6 Å². The molecule has 1 amide bonds. The Morgan fingerprint density at radius 2 is 2.10 bits per heavy atom. The van der Waals surface area contributed by atoms with E-state index in [0.29, 0.717) is 17.2 Å². The Morgan fingerprint density at radius 1 is 1.27 bits per heavy atom. The zero-order valence-corrected chi connectivity index (χ0v) is 16.3. The van der Waals surface area contributed by atoms with Crippen molar-refractivity contribution in [2.24, 2.45) is 5.92 Å². The predicted octanol–water partition coefficient (Wildman–Crippen LogP) is 4.14. The summed E-state index contributed by atoms with van der Waals surface area (Å²) in [6.45, 7) is 3.97. The van der Waals surface area contributed by atoms with E-state index in [-0.39, 0.29) is 17.4 Å². The Kier molecular flexibility index (Phi) is 4.62. The number of anilines is 1. The van der Waals surface area contributed by atoms with Crippen molar-refractivity contribution in [3.63, 3.8) is 0 Å². The Morgan fingerprint density at radius 3 is 2.90 bits per heavy atom. The molecule has 3 aromatic rings. The number of cyclic esters (lactones) is 1. The van der Waals surface area contributed by atoms with Crippen LogP contribution in [0.1, 0.15) is 31.1 Å². The third-order valence-corrected chi connectivity index (χ3v) is 5.88. The van der Waals surface area contributed by atoms with Crippen LogP contribution in [0.4, 0.5) is 19.4 Å². The molecule has 1 saturated heterocycles. The van der Waals surface area contributed by atoms with Crippen LogP contribution in [-0.4, -0.2) is 40.4 Å². The summed E-state index contributed by atoms with van der Waals surface area (Å²) in [7, 11) is 0. The fraction of sp³-hybridized carbons (Fsp3) is 0.381. The highest BCUT2D eigenvalue weighted by molar-refractivity contribution is 5.97. The lowest BCUT2D eigenvalue weighted by Gasteiger charge is -2.30. The molecule has 0 spiro atoms. The maximum Gasteiger partial charge on any atom is 0.413 e. The molecule has 0 aliphatic carbocycles. The third kappa shape index (κ3) is 3.00. The summed E-state index contributed by atoms with van der Waals surface area (Å²) in [6.07, 6.45) is -3.09. The molecule has 4 heterocycles. The molecule has 2 N–H and O–H groups in total. The van der Waals surface area contributed by atoms with E-state index < -0.39 is 18.6 Å². The van der Waals surface area contributed by atoms with E-state index in [9.17, 15) is 13.6 Å². The molecular formula is C21H21F2N5O2. The SMILES string of the molecule is C[C@@H]1CNCC[C@@H]1n1nc(-c2ccnc3c2[C@H](C(F)F)OC(=O)N3)c2ccccc21. The number of nitrogens with one attached hydrogen (secondary N) is 2. The summed E-state index contributed by atoms with van der Waals surface area (Å²) < 4.78 is 34.5. The van der Waals surface area contributed by atoms with Crippen molar-refractivity contribution in [3.8, 4) is 11.3 Å². The van der Waals surface area contributed by atoms with Crippen molar-refractivity contribution in [2.75, 3.05) is 18.4 Å². The van der Waals surface area contributed by atoms with E-state index in [1.165, 1.54) is 6.20 Å². The second-order valence-electron chi connectivity index (χ2n) is 7.75. The van der Waals surface area contributed by atoms with Gasteiger partial charge in [-0.15, -0.1) is 0 Å². The molecule has 9 heteroatoms. The van der Waals surface area contributed by atoms with Crippen molar-refractivity contribution in [1.29, 1.82) is 0 Å². The van der Waals surface area contributed by atoms with Crippen LogP contribution in [0.15, 0.2) is 36.5 Å². The lowest BCUT2D eigenvalue weighted by molar-refractivity contribution is -0.0168. The van der Waals surface area contributed by atoms with E-state index in [1.807, 2.05) is 28.9 Å². The predicted molar refractivity (Wildman–Crippen MR) is 108 cm³/mol. The Hall–Kier alpha value is -3.07. The summed E-state index contributed by atoms with van der Waals surface area (Å²) in [5, 5.41) is 11.6. The minimum atomic E-state index is -2.88. The second-order valence-corrected chi connectivity index (χ2v) is 7.75. The van der Waals surface area contributed by atoms with Gasteiger partial charge in [-0.3, -0.25) is 10.00 Å². The van der Waals surface area contributed by atoms with Crippen LogP contribution in [0, 0.1) is 5.92 Å². The maximum absolute atomic E-state index is 13.8. The molecule has 30 heavy (non-hydrogen) atoms. The average molecular weight is 413 g/mol. The number of pyridine rings is 1. The van der Waals surface area contributed by atoms with E-state index in [1.54, 1.807) is 6.07 Å². The highest BCUT2D eigenvalue weighted by atomic mass is 19.3.